The largest absolute Gasteiger partial charge is 0.496 e. The zero-order valence-corrected chi connectivity index (χ0v) is 10.4. The lowest BCUT2D eigenvalue weighted by Crippen LogP contribution is -2.25. The van der Waals surface area contributed by atoms with E-state index in [1.807, 2.05) is 26.8 Å². The normalized spacial score (nSPS) is 9.81. The Balaban J connectivity index is 3.18. The molecule has 0 heterocycles. The van der Waals surface area contributed by atoms with E-state index in [-0.39, 0.29) is 6.03 Å². The van der Waals surface area contributed by atoms with Gasteiger partial charge >= 0.3 is 6.03 Å². The zero-order chi connectivity index (χ0) is 12.3. The predicted octanol–water partition coefficient (Wildman–Crippen LogP) is 2.37. The Bertz CT molecular complexity index is 414. The fraction of sp³-hybridized carbons (Fsp3) is 0.417. The number of rotatable bonds is 2. The van der Waals surface area contributed by atoms with Crippen molar-refractivity contribution in [2.45, 2.75) is 20.8 Å². The Hall–Kier alpha value is -1.71. The van der Waals surface area contributed by atoms with Gasteiger partial charge in [0.15, 0.2) is 0 Å². The van der Waals surface area contributed by atoms with Crippen LogP contribution in [0.4, 0.5) is 10.5 Å². The van der Waals surface area contributed by atoms with Crippen LogP contribution in [-0.4, -0.2) is 20.2 Å². The van der Waals surface area contributed by atoms with Crippen molar-refractivity contribution in [3.8, 4) is 5.75 Å². The quantitative estimate of drug-likeness (QED) is 0.807. The maximum atomic E-state index is 11.3. The fourth-order valence-electron chi connectivity index (χ4n) is 1.69. The molecule has 4 nitrogen and oxygen atoms in total. The highest BCUT2D eigenvalue weighted by Crippen LogP contribution is 2.31. The third kappa shape index (κ3) is 2.27. The third-order valence-corrected chi connectivity index (χ3v) is 2.71. The molecular weight excluding hydrogens is 204 g/mol. The van der Waals surface area contributed by atoms with Crippen LogP contribution in [0.25, 0.3) is 0 Å². The molecule has 0 atom stereocenters. The summed E-state index contributed by atoms with van der Waals surface area (Å²) in [6.07, 6.45) is 0. The molecule has 0 spiro atoms. The van der Waals surface area contributed by atoms with E-state index in [1.54, 1.807) is 14.2 Å². The van der Waals surface area contributed by atoms with Gasteiger partial charge in [-0.25, -0.2) is 4.79 Å². The smallest absolute Gasteiger partial charge is 0.318 e. The van der Waals surface area contributed by atoms with Crippen molar-refractivity contribution in [3.63, 3.8) is 0 Å². The first-order valence-corrected chi connectivity index (χ1v) is 5.14. The van der Waals surface area contributed by atoms with Gasteiger partial charge in [0.1, 0.15) is 5.75 Å². The number of nitrogens with one attached hydrogen (secondary N) is 2. The number of carbonyl (C=O) groups is 1. The number of hydrogen-bond donors (Lipinski definition) is 2. The molecule has 0 fully saturated rings. The molecule has 1 rings (SSSR count). The lowest BCUT2D eigenvalue weighted by molar-refractivity contribution is 0.254. The Morgan fingerprint density at radius 1 is 1.25 bits per heavy atom. The molecule has 4 heteroatoms. The number of methoxy groups -OCH3 is 1. The van der Waals surface area contributed by atoms with Crippen molar-refractivity contribution >= 4 is 11.7 Å². The van der Waals surface area contributed by atoms with Gasteiger partial charge in [0.05, 0.1) is 7.11 Å². The first-order valence-electron chi connectivity index (χ1n) is 5.14. The molecule has 1 aromatic carbocycles. The molecule has 0 radical (unpaired) electrons. The molecule has 0 aliphatic carbocycles. The lowest BCUT2D eigenvalue weighted by atomic mass is 10.0. The molecule has 0 unspecified atom stereocenters. The minimum atomic E-state index is -0.216. The molecule has 2 amide bonds. The standard InChI is InChI=1S/C12H18N2O2/c1-7-6-10(14-12(15)13-4)8(2)9(3)11(7)16-5/h6H,1-5H3,(H2,13,14,15). The van der Waals surface area contributed by atoms with Gasteiger partial charge in [-0.1, -0.05) is 0 Å². The van der Waals surface area contributed by atoms with Crippen LogP contribution in [0.3, 0.4) is 0 Å². The van der Waals surface area contributed by atoms with Gasteiger partial charge in [-0.3, -0.25) is 0 Å². The van der Waals surface area contributed by atoms with Gasteiger partial charge in [0, 0.05) is 12.7 Å². The first-order chi connectivity index (χ1) is 7.51. The van der Waals surface area contributed by atoms with Crippen molar-refractivity contribution in [1.82, 2.24) is 5.32 Å². The number of urea groups is 1. The first kappa shape index (κ1) is 12.4. The van der Waals surface area contributed by atoms with E-state index in [0.717, 1.165) is 28.1 Å². The van der Waals surface area contributed by atoms with Crippen LogP contribution in [0.1, 0.15) is 16.7 Å². The summed E-state index contributed by atoms with van der Waals surface area (Å²) in [6, 6.07) is 1.70. The van der Waals surface area contributed by atoms with Gasteiger partial charge in [-0.15, -0.1) is 0 Å². The molecular formula is C12H18N2O2. The van der Waals surface area contributed by atoms with Gasteiger partial charge in [-0.05, 0) is 43.5 Å². The Labute approximate surface area is 96.0 Å². The molecule has 0 saturated carbocycles. The van der Waals surface area contributed by atoms with Crippen LogP contribution in [-0.2, 0) is 0 Å². The maximum Gasteiger partial charge on any atom is 0.318 e. The number of benzene rings is 1. The average molecular weight is 222 g/mol. The van der Waals surface area contributed by atoms with Crippen LogP contribution in [0.2, 0.25) is 0 Å². The van der Waals surface area contributed by atoms with E-state index in [9.17, 15) is 4.79 Å². The van der Waals surface area contributed by atoms with Gasteiger partial charge in [0.25, 0.3) is 0 Å². The maximum absolute atomic E-state index is 11.3. The van der Waals surface area contributed by atoms with Gasteiger partial charge < -0.3 is 15.4 Å². The summed E-state index contributed by atoms with van der Waals surface area (Å²) in [5.74, 6) is 0.875. The molecule has 1 aromatic rings. The van der Waals surface area contributed by atoms with Gasteiger partial charge in [0.2, 0.25) is 0 Å². The summed E-state index contributed by atoms with van der Waals surface area (Å²) in [6.45, 7) is 5.90. The lowest BCUT2D eigenvalue weighted by Gasteiger charge is -2.16. The Morgan fingerprint density at radius 3 is 2.38 bits per heavy atom. The Morgan fingerprint density at radius 2 is 1.88 bits per heavy atom. The molecule has 88 valence electrons. The van der Waals surface area contributed by atoms with Crippen molar-refractivity contribution in [2.24, 2.45) is 0 Å². The highest BCUT2D eigenvalue weighted by molar-refractivity contribution is 5.90. The molecule has 0 aliphatic rings. The van der Waals surface area contributed by atoms with Crippen LogP contribution in [0.5, 0.6) is 5.75 Å². The van der Waals surface area contributed by atoms with E-state index in [1.165, 1.54) is 0 Å². The topological polar surface area (TPSA) is 50.4 Å². The van der Waals surface area contributed by atoms with E-state index in [4.69, 9.17) is 4.74 Å². The molecule has 2 N–H and O–H groups in total. The van der Waals surface area contributed by atoms with E-state index in [2.05, 4.69) is 10.6 Å². The van der Waals surface area contributed by atoms with Crippen molar-refractivity contribution in [2.75, 3.05) is 19.5 Å². The number of hydrogen-bond acceptors (Lipinski definition) is 2. The van der Waals surface area contributed by atoms with Crippen molar-refractivity contribution in [1.29, 1.82) is 0 Å². The minimum absolute atomic E-state index is 0.216. The predicted molar refractivity (Wildman–Crippen MR) is 65.3 cm³/mol. The molecule has 16 heavy (non-hydrogen) atoms. The summed E-state index contributed by atoms with van der Waals surface area (Å²) in [5.41, 5.74) is 3.90. The monoisotopic (exact) mass is 222 g/mol. The fourth-order valence-corrected chi connectivity index (χ4v) is 1.69. The summed E-state index contributed by atoms with van der Waals surface area (Å²) in [5, 5.41) is 5.31. The number of amides is 2. The number of ether oxygens (including phenoxy) is 1. The molecule has 0 saturated heterocycles. The minimum Gasteiger partial charge on any atom is -0.496 e. The van der Waals surface area contributed by atoms with Crippen LogP contribution >= 0.6 is 0 Å². The van der Waals surface area contributed by atoms with E-state index >= 15 is 0 Å². The third-order valence-electron chi connectivity index (χ3n) is 2.71. The number of aryl methyl sites for hydroxylation is 1. The zero-order valence-electron chi connectivity index (χ0n) is 10.4. The van der Waals surface area contributed by atoms with Crippen LogP contribution < -0.4 is 15.4 Å². The van der Waals surface area contributed by atoms with E-state index in [0.29, 0.717) is 0 Å². The highest BCUT2D eigenvalue weighted by atomic mass is 16.5. The second-order valence-corrected chi connectivity index (χ2v) is 3.73. The van der Waals surface area contributed by atoms with Crippen molar-refractivity contribution < 1.29 is 9.53 Å². The molecule has 0 aliphatic heterocycles. The average Bonchev–Trinajstić information content (AvgIpc) is 2.26. The number of anilines is 1. The van der Waals surface area contributed by atoms with Crippen molar-refractivity contribution in [3.05, 3.63) is 22.8 Å². The molecule has 0 aromatic heterocycles. The Kier molecular flexibility index (Phi) is 3.77. The summed E-state index contributed by atoms with van der Waals surface area (Å²) < 4.78 is 5.31. The summed E-state index contributed by atoms with van der Waals surface area (Å²) >= 11 is 0. The van der Waals surface area contributed by atoms with E-state index < -0.39 is 0 Å². The second kappa shape index (κ2) is 4.88. The molecule has 0 bridgehead atoms. The summed E-state index contributed by atoms with van der Waals surface area (Å²) in [7, 11) is 3.24. The number of carbonyl (C=O) groups excluding carboxylic acids is 1. The van der Waals surface area contributed by atoms with Gasteiger partial charge in [-0.2, -0.15) is 0 Å². The SMILES string of the molecule is CNC(=O)Nc1cc(C)c(OC)c(C)c1C. The highest BCUT2D eigenvalue weighted by Gasteiger charge is 2.11. The second-order valence-electron chi connectivity index (χ2n) is 3.73. The van der Waals surface area contributed by atoms with Crippen LogP contribution in [0, 0.1) is 20.8 Å². The summed E-state index contributed by atoms with van der Waals surface area (Å²) in [4.78, 5) is 11.3. The van der Waals surface area contributed by atoms with Crippen LogP contribution in [0.15, 0.2) is 6.07 Å².